The fraction of sp³-hybridized carbons (Fsp3) is 0.0833. The summed E-state index contributed by atoms with van der Waals surface area (Å²) >= 11 is 0. The van der Waals surface area contributed by atoms with E-state index in [1.807, 2.05) is 55.5 Å². The number of fused-ring (bicyclic) bond motifs is 1. The van der Waals surface area contributed by atoms with E-state index in [1.54, 1.807) is 19.2 Å². The number of amides is 1. The van der Waals surface area contributed by atoms with Crippen LogP contribution >= 0.6 is 0 Å². The van der Waals surface area contributed by atoms with Crippen molar-refractivity contribution in [3.8, 4) is 23.3 Å². The van der Waals surface area contributed by atoms with Crippen molar-refractivity contribution in [2.75, 3.05) is 10.6 Å². The zero-order chi connectivity index (χ0) is 21.6. The lowest BCUT2D eigenvalue weighted by Crippen LogP contribution is -2.08. The van der Waals surface area contributed by atoms with Crippen LogP contribution in [0.1, 0.15) is 12.6 Å². The first-order valence-electron chi connectivity index (χ1n) is 9.57. The van der Waals surface area contributed by atoms with Crippen molar-refractivity contribution in [1.82, 2.24) is 15.0 Å². The Hall–Kier alpha value is -4.44. The highest BCUT2D eigenvalue weighted by molar-refractivity contribution is 6.05. The summed E-state index contributed by atoms with van der Waals surface area (Å²) < 4.78 is 5.81. The summed E-state index contributed by atoms with van der Waals surface area (Å²) in [6.07, 6.45) is 3.18. The lowest BCUT2D eigenvalue weighted by molar-refractivity contribution is -0.111. The fourth-order valence-corrected chi connectivity index (χ4v) is 2.90. The number of hydrogen-bond donors (Lipinski definition) is 2. The van der Waals surface area contributed by atoms with Gasteiger partial charge in [-0.2, -0.15) is 0 Å². The molecule has 4 rings (SSSR count). The lowest BCUT2D eigenvalue weighted by atomic mass is 10.2. The molecule has 0 unspecified atom stereocenters. The van der Waals surface area contributed by atoms with E-state index in [2.05, 4.69) is 37.4 Å². The predicted molar refractivity (Wildman–Crippen MR) is 120 cm³/mol. The number of ether oxygens (including phenoxy) is 1. The fourth-order valence-electron chi connectivity index (χ4n) is 2.90. The number of aromatic nitrogens is 3. The molecule has 7 nitrogen and oxygen atoms in total. The molecule has 152 valence electrons. The smallest absolute Gasteiger partial charge is 0.300 e. The molecule has 4 aromatic rings. The number of nitrogens with one attached hydrogen (secondary N) is 2. The zero-order valence-corrected chi connectivity index (χ0v) is 17.0. The normalized spacial score (nSPS) is 10.1. The van der Waals surface area contributed by atoms with E-state index in [1.165, 1.54) is 6.33 Å². The van der Waals surface area contributed by atoms with Crippen molar-refractivity contribution >= 4 is 34.0 Å². The number of pyridine rings is 1. The van der Waals surface area contributed by atoms with Gasteiger partial charge in [0.2, 0.25) is 0 Å². The minimum Gasteiger partial charge on any atom is -0.456 e. The van der Waals surface area contributed by atoms with E-state index in [-0.39, 0.29) is 5.91 Å². The van der Waals surface area contributed by atoms with Crippen molar-refractivity contribution in [1.29, 1.82) is 0 Å². The average Bonchev–Trinajstić information content (AvgIpc) is 2.77. The number of hydrogen-bond acceptors (Lipinski definition) is 6. The summed E-state index contributed by atoms with van der Waals surface area (Å²) in [5, 5.41) is 6.81. The Morgan fingerprint density at radius 1 is 0.935 bits per heavy atom. The maximum atomic E-state index is 11.8. The minimum atomic E-state index is -0.368. The molecule has 0 aliphatic rings. The van der Waals surface area contributed by atoms with Crippen LogP contribution in [0.25, 0.3) is 10.9 Å². The van der Waals surface area contributed by atoms with Crippen LogP contribution < -0.4 is 15.4 Å². The quantitative estimate of drug-likeness (QED) is 0.459. The third-order valence-corrected chi connectivity index (χ3v) is 4.37. The summed E-state index contributed by atoms with van der Waals surface area (Å²) in [5.41, 5.74) is 3.14. The number of carbonyl (C=O) groups is 1. The largest absolute Gasteiger partial charge is 0.456 e. The van der Waals surface area contributed by atoms with Crippen LogP contribution in [0.5, 0.6) is 11.5 Å². The van der Waals surface area contributed by atoms with Crippen LogP contribution in [-0.2, 0) is 4.79 Å². The van der Waals surface area contributed by atoms with E-state index < -0.39 is 0 Å². The number of nitrogens with zero attached hydrogens (tertiary/aromatic N) is 3. The number of benzene rings is 2. The van der Waals surface area contributed by atoms with Gasteiger partial charge < -0.3 is 15.4 Å². The van der Waals surface area contributed by atoms with Gasteiger partial charge in [0.25, 0.3) is 5.91 Å². The van der Waals surface area contributed by atoms with Gasteiger partial charge in [-0.15, -0.1) is 0 Å². The first kappa shape index (κ1) is 19.9. The van der Waals surface area contributed by atoms with Crippen molar-refractivity contribution < 1.29 is 9.53 Å². The lowest BCUT2D eigenvalue weighted by Gasteiger charge is -2.11. The molecule has 0 aliphatic carbocycles. The van der Waals surface area contributed by atoms with Crippen molar-refractivity contribution in [3.63, 3.8) is 0 Å². The Labute approximate surface area is 179 Å². The monoisotopic (exact) mass is 409 g/mol. The second-order valence-electron chi connectivity index (χ2n) is 6.67. The Bertz CT molecular complexity index is 1290. The molecule has 0 atom stereocenters. The SMILES string of the molecule is CC#CC(=O)Nc1ccc2ncnc(Nc3ccc(Oc4ccc(C)nc4)cc3)c2c1. The highest BCUT2D eigenvalue weighted by Crippen LogP contribution is 2.28. The molecule has 0 fully saturated rings. The third kappa shape index (κ3) is 4.95. The predicted octanol–water partition coefficient (Wildman–Crippen LogP) is 4.83. The van der Waals surface area contributed by atoms with Crippen molar-refractivity contribution in [3.05, 3.63) is 72.8 Å². The molecule has 0 radical (unpaired) electrons. The van der Waals surface area contributed by atoms with Crippen molar-refractivity contribution in [2.24, 2.45) is 0 Å². The molecule has 2 N–H and O–H groups in total. The highest BCUT2D eigenvalue weighted by Gasteiger charge is 2.07. The molecule has 0 aliphatic heterocycles. The maximum absolute atomic E-state index is 11.8. The van der Waals surface area contributed by atoms with Gasteiger partial charge >= 0.3 is 0 Å². The van der Waals surface area contributed by atoms with Crippen LogP contribution in [-0.4, -0.2) is 20.9 Å². The summed E-state index contributed by atoms with van der Waals surface area (Å²) in [4.78, 5) is 24.6. The van der Waals surface area contributed by atoms with Crippen LogP contribution in [0.3, 0.4) is 0 Å². The van der Waals surface area contributed by atoms with Gasteiger partial charge in [-0.1, -0.05) is 5.92 Å². The Balaban J connectivity index is 1.53. The maximum Gasteiger partial charge on any atom is 0.300 e. The van der Waals surface area contributed by atoms with Crippen LogP contribution in [0.2, 0.25) is 0 Å². The molecule has 2 aromatic heterocycles. The van der Waals surface area contributed by atoms with Crippen LogP contribution in [0.4, 0.5) is 17.2 Å². The first-order chi connectivity index (χ1) is 15.1. The van der Waals surface area contributed by atoms with Gasteiger partial charge in [-0.05, 0) is 74.4 Å². The molecule has 2 heterocycles. The molecular weight excluding hydrogens is 390 g/mol. The topological polar surface area (TPSA) is 89.0 Å². The summed E-state index contributed by atoms with van der Waals surface area (Å²) in [5.74, 6) is 6.67. The standard InChI is InChI=1S/C24H19N5O2/c1-3-4-23(30)28-18-8-12-22-21(13-18)24(27-15-26-22)29-17-6-10-19(11-7-17)31-20-9-5-16(2)25-14-20/h5-15H,1-2H3,(H,28,30)(H,26,27,29). The molecule has 0 saturated heterocycles. The van der Waals surface area contributed by atoms with E-state index in [0.29, 0.717) is 23.0 Å². The van der Waals surface area contributed by atoms with Crippen LogP contribution in [0.15, 0.2) is 67.1 Å². The molecule has 1 amide bonds. The molecule has 31 heavy (non-hydrogen) atoms. The summed E-state index contributed by atoms with van der Waals surface area (Å²) in [6.45, 7) is 3.54. The average molecular weight is 409 g/mol. The number of aryl methyl sites for hydroxylation is 1. The molecule has 0 saturated carbocycles. The van der Waals surface area contributed by atoms with Gasteiger partial charge in [0.05, 0.1) is 11.7 Å². The second-order valence-corrected chi connectivity index (χ2v) is 6.67. The van der Waals surface area contributed by atoms with E-state index >= 15 is 0 Å². The number of rotatable bonds is 5. The van der Waals surface area contributed by atoms with Gasteiger partial charge in [-0.25, -0.2) is 9.97 Å². The molecule has 0 spiro atoms. The third-order valence-electron chi connectivity index (χ3n) is 4.37. The highest BCUT2D eigenvalue weighted by atomic mass is 16.5. The Morgan fingerprint density at radius 3 is 2.45 bits per heavy atom. The van der Waals surface area contributed by atoms with Gasteiger partial charge in [0, 0.05) is 22.5 Å². The zero-order valence-electron chi connectivity index (χ0n) is 17.0. The Morgan fingerprint density at radius 2 is 1.71 bits per heavy atom. The summed E-state index contributed by atoms with van der Waals surface area (Å²) in [6, 6.07) is 16.7. The Kier molecular flexibility index (Phi) is 5.72. The van der Waals surface area contributed by atoms with E-state index in [9.17, 15) is 4.79 Å². The van der Waals surface area contributed by atoms with E-state index in [0.717, 1.165) is 22.3 Å². The van der Waals surface area contributed by atoms with Gasteiger partial charge in [-0.3, -0.25) is 9.78 Å². The molecule has 2 aromatic carbocycles. The van der Waals surface area contributed by atoms with Gasteiger partial charge in [0.1, 0.15) is 23.6 Å². The number of anilines is 3. The van der Waals surface area contributed by atoms with Crippen LogP contribution in [0, 0.1) is 18.8 Å². The van der Waals surface area contributed by atoms with Gasteiger partial charge in [0.15, 0.2) is 0 Å². The number of carbonyl (C=O) groups excluding carboxylic acids is 1. The molecule has 0 bridgehead atoms. The minimum absolute atomic E-state index is 0.368. The molecule has 7 heteroatoms. The van der Waals surface area contributed by atoms with Crippen molar-refractivity contribution in [2.45, 2.75) is 13.8 Å². The second kappa shape index (κ2) is 8.93. The molecular formula is C24H19N5O2. The van der Waals surface area contributed by atoms with E-state index in [4.69, 9.17) is 4.74 Å². The first-order valence-corrected chi connectivity index (χ1v) is 9.57. The summed E-state index contributed by atoms with van der Waals surface area (Å²) in [7, 11) is 0.